The molecule has 1 saturated carbocycles. The molecule has 1 aliphatic carbocycles. The second-order valence-corrected chi connectivity index (χ2v) is 5.95. The molecule has 4 nitrogen and oxygen atoms in total. The Bertz CT molecular complexity index is 472. The lowest BCUT2D eigenvalue weighted by Gasteiger charge is -2.27. The van der Waals surface area contributed by atoms with E-state index in [2.05, 4.69) is 10.3 Å². The van der Waals surface area contributed by atoms with Gasteiger partial charge in [0, 0.05) is 49.7 Å². The highest BCUT2D eigenvalue weighted by molar-refractivity contribution is 5.78. The maximum Gasteiger partial charge on any atom is 0.248 e. The molecule has 122 valence electrons. The van der Waals surface area contributed by atoms with Crippen molar-refractivity contribution in [2.45, 2.75) is 38.0 Å². The monoisotopic (exact) mass is 312 g/mol. The molecule has 2 rings (SSSR count). The molecule has 0 bridgehead atoms. The summed E-state index contributed by atoms with van der Waals surface area (Å²) in [6, 6.07) is 5.56. The Hall–Kier alpha value is -1.56. The minimum Gasteiger partial charge on any atom is -0.396 e. The number of amides is 1. The lowest BCUT2D eigenvalue weighted by atomic mass is 9.86. The molecule has 1 unspecified atom stereocenters. The van der Waals surface area contributed by atoms with Gasteiger partial charge in [-0.15, -0.1) is 0 Å². The molecular formula is C16H22F2N2O2. The zero-order valence-corrected chi connectivity index (χ0v) is 12.5. The fourth-order valence-corrected chi connectivity index (χ4v) is 2.71. The second kappa shape index (κ2) is 7.63. The Morgan fingerprint density at radius 1 is 1.41 bits per heavy atom. The molecule has 1 amide bonds. The van der Waals surface area contributed by atoms with E-state index >= 15 is 0 Å². The second-order valence-electron chi connectivity index (χ2n) is 5.95. The van der Waals surface area contributed by atoms with Gasteiger partial charge in [-0.1, -0.05) is 6.07 Å². The molecule has 2 N–H and O–H groups in total. The number of pyridine rings is 1. The van der Waals surface area contributed by atoms with Gasteiger partial charge in [0.25, 0.3) is 0 Å². The van der Waals surface area contributed by atoms with Gasteiger partial charge in [-0.05, 0) is 31.4 Å². The van der Waals surface area contributed by atoms with Crippen LogP contribution in [0.5, 0.6) is 0 Å². The molecule has 1 aliphatic rings. The smallest absolute Gasteiger partial charge is 0.248 e. The third kappa shape index (κ3) is 5.02. The highest BCUT2D eigenvalue weighted by atomic mass is 19.3. The van der Waals surface area contributed by atoms with Crippen LogP contribution in [0.4, 0.5) is 8.78 Å². The zero-order valence-electron chi connectivity index (χ0n) is 12.5. The quantitative estimate of drug-likeness (QED) is 0.846. The summed E-state index contributed by atoms with van der Waals surface area (Å²) in [6.07, 6.45) is 2.27. The van der Waals surface area contributed by atoms with Crippen molar-refractivity contribution in [2.24, 2.45) is 11.8 Å². The van der Waals surface area contributed by atoms with Crippen LogP contribution in [-0.4, -0.2) is 35.1 Å². The zero-order chi connectivity index (χ0) is 16.0. The van der Waals surface area contributed by atoms with Gasteiger partial charge in [0.1, 0.15) is 0 Å². The van der Waals surface area contributed by atoms with Gasteiger partial charge in [0.15, 0.2) is 0 Å². The Morgan fingerprint density at radius 3 is 2.73 bits per heavy atom. The molecule has 0 aromatic carbocycles. The van der Waals surface area contributed by atoms with Gasteiger partial charge in [0.2, 0.25) is 11.8 Å². The Labute approximate surface area is 128 Å². The number of carbonyl (C=O) groups excluding carboxylic acids is 1. The third-order valence-electron chi connectivity index (χ3n) is 4.14. The standard InChI is InChI=1S/C16H22F2N2O2/c17-16(18)6-4-13(5-7-16)15(22)20-10-12(11-21)9-14-3-1-2-8-19-14/h1-3,8,12-13,21H,4-7,9-11H2,(H,20,22). The lowest BCUT2D eigenvalue weighted by molar-refractivity contribution is -0.129. The number of halogens is 2. The highest BCUT2D eigenvalue weighted by Gasteiger charge is 2.37. The van der Waals surface area contributed by atoms with Crippen molar-refractivity contribution in [1.82, 2.24) is 10.3 Å². The van der Waals surface area contributed by atoms with Crippen LogP contribution < -0.4 is 5.32 Å². The number of nitrogens with one attached hydrogen (secondary N) is 1. The Balaban J connectivity index is 1.77. The molecule has 0 radical (unpaired) electrons. The molecule has 0 saturated heterocycles. The van der Waals surface area contributed by atoms with Gasteiger partial charge >= 0.3 is 0 Å². The molecule has 1 aromatic heterocycles. The molecule has 1 atom stereocenters. The number of hydrogen-bond donors (Lipinski definition) is 2. The van der Waals surface area contributed by atoms with Crippen LogP contribution in [-0.2, 0) is 11.2 Å². The summed E-state index contributed by atoms with van der Waals surface area (Å²) in [5.41, 5.74) is 0.855. The predicted molar refractivity (Wildman–Crippen MR) is 78.4 cm³/mol. The summed E-state index contributed by atoms with van der Waals surface area (Å²) in [4.78, 5) is 16.2. The molecule has 1 heterocycles. The van der Waals surface area contributed by atoms with Gasteiger partial charge < -0.3 is 10.4 Å². The number of carbonyl (C=O) groups is 1. The van der Waals surface area contributed by atoms with E-state index in [0.717, 1.165) is 5.69 Å². The normalized spacial score (nSPS) is 19.6. The lowest BCUT2D eigenvalue weighted by Crippen LogP contribution is -2.39. The van der Waals surface area contributed by atoms with Gasteiger partial charge in [-0.2, -0.15) is 0 Å². The van der Waals surface area contributed by atoms with Crippen LogP contribution >= 0.6 is 0 Å². The molecular weight excluding hydrogens is 290 g/mol. The van der Waals surface area contributed by atoms with Crippen LogP contribution in [0.25, 0.3) is 0 Å². The van der Waals surface area contributed by atoms with Gasteiger partial charge in [-0.3, -0.25) is 9.78 Å². The third-order valence-corrected chi connectivity index (χ3v) is 4.14. The van der Waals surface area contributed by atoms with Crippen molar-refractivity contribution in [3.05, 3.63) is 30.1 Å². The van der Waals surface area contributed by atoms with Crippen molar-refractivity contribution in [1.29, 1.82) is 0 Å². The van der Waals surface area contributed by atoms with Crippen molar-refractivity contribution in [2.75, 3.05) is 13.2 Å². The Kier molecular flexibility index (Phi) is 5.83. The fraction of sp³-hybridized carbons (Fsp3) is 0.625. The number of hydrogen-bond acceptors (Lipinski definition) is 3. The van der Waals surface area contributed by atoms with Crippen molar-refractivity contribution in [3.8, 4) is 0 Å². The first-order chi connectivity index (χ1) is 10.5. The minimum atomic E-state index is -2.62. The van der Waals surface area contributed by atoms with Crippen molar-refractivity contribution in [3.63, 3.8) is 0 Å². The Morgan fingerprint density at radius 2 is 2.14 bits per heavy atom. The van der Waals surface area contributed by atoms with E-state index in [1.54, 1.807) is 6.20 Å². The average Bonchev–Trinajstić information content (AvgIpc) is 2.52. The minimum absolute atomic E-state index is 0.0560. The number of nitrogens with zero attached hydrogens (tertiary/aromatic N) is 1. The first kappa shape index (κ1) is 16.8. The van der Waals surface area contributed by atoms with E-state index in [4.69, 9.17) is 0 Å². The van der Waals surface area contributed by atoms with E-state index < -0.39 is 5.92 Å². The summed E-state index contributed by atoms with van der Waals surface area (Å²) in [7, 11) is 0. The van der Waals surface area contributed by atoms with Crippen molar-refractivity contribution >= 4 is 5.91 Å². The summed E-state index contributed by atoms with van der Waals surface area (Å²) in [6.45, 7) is 0.276. The van der Waals surface area contributed by atoms with Gasteiger partial charge in [-0.25, -0.2) is 8.78 Å². The number of rotatable bonds is 6. The van der Waals surface area contributed by atoms with Crippen LogP contribution in [0.2, 0.25) is 0 Å². The molecule has 0 aliphatic heterocycles. The maximum absolute atomic E-state index is 13.1. The summed E-state index contributed by atoms with van der Waals surface area (Å²) >= 11 is 0. The number of aliphatic hydroxyl groups is 1. The van der Waals surface area contributed by atoms with Crippen molar-refractivity contribution < 1.29 is 18.7 Å². The average molecular weight is 312 g/mol. The van der Waals surface area contributed by atoms with E-state index in [1.165, 1.54) is 0 Å². The van der Waals surface area contributed by atoms with E-state index in [9.17, 15) is 18.7 Å². The topological polar surface area (TPSA) is 62.2 Å². The van der Waals surface area contributed by atoms with Gasteiger partial charge in [0.05, 0.1) is 0 Å². The van der Waals surface area contributed by atoms with Crippen LogP contribution in [0.3, 0.4) is 0 Å². The van der Waals surface area contributed by atoms with Crippen LogP contribution in [0, 0.1) is 11.8 Å². The highest BCUT2D eigenvalue weighted by Crippen LogP contribution is 2.36. The van der Waals surface area contributed by atoms with Crippen LogP contribution in [0.1, 0.15) is 31.4 Å². The van der Waals surface area contributed by atoms with E-state index in [1.807, 2.05) is 18.2 Å². The molecule has 0 spiro atoms. The summed E-state index contributed by atoms with van der Waals surface area (Å²) < 4.78 is 26.2. The first-order valence-electron chi connectivity index (χ1n) is 7.66. The predicted octanol–water partition coefficient (Wildman–Crippen LogP) is 2.17. The van der Waals surface area contributed by atoms with Crippen LogP contribution in [0.15, 0.2) is 24.4 Å². The molecule has 1 aromatic rings. The molecule has 1 fully saturated rings. The largest absolute Gasteiger partial charge is 0.396 e. The van der Waals surface area contributed by atoms with E-state index in [-0.39, 0.29) is 50.0 Å². The summed E-state index contributed by atoms with van der Waals surface area (Å²) in [5, 5.41) is 12.2. The fourth-order valence-electron chi connectivity index (χ4n) is 2.71. The first-order valence-corrected chi connectivity index (χ1v) is 7.66. The number of alkyl halides is 2. The van der Waals surface area contributed by atoms with E-state index in [0.29, 0.717) is 13.0 Å². The number of aliphatic hydroxyl groups excluding tert-OH is 1. The molecule has 6 heteroatoms. The number of aromatic nitrogens is 1. The maximum atomic E-state index is 13.1. The SMILES string of the molecule is O=C(NCC(CO)Cc1ccccn1)C1CCC(F)(F)CC1. The molecule has 22 heavy (non-hydrogen) atoms. The summed E-state index contributed by atoms with van der Waals surface area (Å²) in [5.74, 6) is -3.27.